The van der Waals surface area contributed by atoms with Gasteiger partial charge in [0, 0.05) is 19.3 Å². The van der Waals surface area contributed by atoms with E-state index in [0.29, 0.717) is 5.70 Å². The summed E-state index contributed by atoms with van der Waals surface area (Å²) in [5, 5.41) is 6.31. The van der Waals surface area contributed by atoms with Gasteiger partial charge in [-0.1, -0.05) is 30.3 Å². The van der Waals surface area contributed by atoms with Crippen molar-refractivity contribution in [1.29, 1.82) is 5.53 Å². The third-order valence-corrected chi connectivity index (χ3v) is 1.77. The molecule has 1 rings (SSSR count). The van der Waals surface area contributed by atoms with Gasteiger partial charge in [0.25, 0.3) is 0 Å². The third-order valence-electron chi connectivity index (χ3n) is 1.77. The van der Waals surface area contributed by atoms with Crippen molar-refractivity contribution in [3.63, 3.8) is 0 Å². The predicted molar refractivity (Wildman–Crippen MR) is 55.6 cm³/mol. The van der Waals surface area contributed by atoms with Crippen molar-refractivity contribution in [1.82, 2.24) is 5.32 Å². The zero-order valence-corrected chi connectivity index (χ0v) is 7.90. The van der Waals surface area contributed by atoms with Crippen LogP contribution in [0, 0.1) is 5.53 Å². The first-order valence-electron chi connectivity index (χ1n) is 4.40. The summed E-state index contributed by atoms with van der Waals surface area (Å²) in [4.78, 5) is 0. The van der Waals surface area contributed by atoms with Gasteiger partial charge in [-0.15, -0.1) is 0 Å². The second-order valence-corrected chi connectivity index (χ2v) is 2.82. The Morgan fingerprint density at radius 3 is 2.71 bits per heavy atom. The van der Waals surface area contributed by atoms with Crippen LogP contribution >= 0.6 is 0 Å². The Labute approximate surface area is 83.3 Å². The van der Waals surface area contributed by atoms with Gasteiger partial charge >= 0.3 is 0 Å². The Morgan fingerprint density at radius 1 is 1.43 bits per heavy atom. The summed E-state index contributed by atoms with van der Waals surface area (Å²) in [5.41, 5.74) is 13.8. The highest BCUT2D eigenvalue weighted by Crippen LogP contribution is 1.97. The largest absolute Gasteiger partial charge is 0.385 e. The number of nitrogens with two attached hydrogens (primary N) is 1. The lowest BCUT2D eigenvalue weighted by Gasteiger charge is -2.01. The summed E-state index contributed by atoms with van der Waals surface area (Å²) in [6, 6.07) is 10.0. The molecule has 0 bridgehead atoms. The topological polar surface area (TPSA) is 74.3 Å². The fourth-order valence-electron chi connectivity index (χ4n) is 1.02. The van der Waals surface area contributed by atoms with E-state index >= 15 is 0 Å². The molecule has 0 aliphatic heterocycles. The lowest BCUT2D eigenvalue weighted by molar-refractivity contribution is 0.840. The molecule has 1 aromatic rings. The molecule has 0 spiro atoms. The lowest BCUT2D eigenvalue weighted by Crippen LogP contribution is -2.09. The SMILES string of the molecule is N=N/C(=C\NCc1ccccc1)CN. The maximum Gasteiger partial charge on any atom is 0.0915 e. The highest BCUT2D eigenvalue weighted by molar-refractivity contribution is 5.14. The fourth-order valence-corrected chi connectivity index (χ4v) is 1.02. The Bertz CT molecular complexity index is 305. The van der Waals surface area contributed by atoms with Crippen LogP contribution in [0.25, 0.3) is 0 Å². The number of hydrogen-bond acceptors (Lipinski definition) is 4. The minimum Gasteiger partial charge on any atom is -0.385 e. The van der Waals surface area contributed by atoms with Crippen LogP contribution in [0.5, 0.6) is 0 Å². The van der Waals surface area contributed by atoms with Crippen LogP contribution in [0.15, 0.2) is 47.3 Å². The Balaban J connectivity index is 2.42. The second kappa shape index (κ2) is 5.88. The number of nitrogens with one attached hydrogen (secondary N) is 2. The summed E-state index contributed by atoms with van der Waals surface area (Å²) in [7, 11) is 0. The normalized spacial score (nSPS) is 11.1. The van der Waals surface area contributed by atoms with Gasteiger partial charge in [0.2, 0.25) is 0 Å². The number of rotatable bonds is 5. The Kier molecular flexibility index (Phi) is 4.37. The molecule has 14 heavy (non-hydrogen) atoms. The van der Waals surface area contributed by atoms with Crippen molar-refractivity contribution in [2.75, 3.05) is 6.54 Å². The van der Waals surface area contributed by atoms with Crippen LogP contribution in [0.3, 0.4) is 0 Å². The first-order chi connectivity index (χ1) is 6.86. The van der Waals surface area contributed by atoms with Crippen LogP contribution in [-0.4, -0.2) is 6.54 Å². The summed E-state index contributed by atoms with van der Waals surface area (Å²) in [6.07, 6.45) is 1.67. The highest BCUT2D eigenvalue weighted by atomic mass is 15.0. The summed E-state index contributed by atoms with van der Waals surface area (Å²) >= 11 is 0. The zero-order chi connectivity index (χ0) is 10.2. The van der Waals surface area contributed by atoms with Crippen LogP contribution in [-0.2, 0) is 6.54 Å². The van der Waals surface area contributed by atoms with E-state index in [1.165, 1.54) is 5.56 Å². The number of benzene rings is 1. The van der Waals surface area contributed by atoms with Gasteiger partial charge in [-0.2, -0.15) is 5.11 Å². The fraction of sp³-hybridized carbons (Fsp3) is 0.200. The standard InChI is InChI=1S/C10H14N4/c11-6-10(14-12)8-13-7-9-4-2-1-3-5-9/h1-5,8,12-13H,6-7,11H2/b10-8-,14-12?. The van der Waals surface area contributed by atoms with E-state index < -0.39 is 0 Å². The van der Waals surface area contributed by atoms with E-state index in [2.05, 4.69) is 10.4 Å². The maximum atomic E-state index is 6.78. The van der Waals surface area contributed by atoms with Crippen molar-refractivity contribution in [3.05, 3.63) is 47.8 Å². The molecule has 0 unspecified atom stereocenters. The van der Waals surface area contributed by atoms with E-state index in [0.717, 1.165) is 6.54 Å². The number of hydrogen-bond donors (Lipinski definition) is 3. The van der Waals surface area contributed by atoms with Gasteiger partial charge in [0.1, 0.15) is 0 Å². The third kappa shape index (κ3) is 3.37. The van der Waals surface area contributed by atoms with E-state index in [-0.39, 0.29) is 6.54 Å². The van der Waals surface area contributed by atoms with Crippen molar-refractivity contribution >= 4 is 0 Å². The minimum atomic E-state index is 0.283. The van der Waals surface area contributed by atoms with Crippen LogP contribution in [0.1, 0.15) is 5.56 Å². The molecule has 0 heterocycles. The second-order valence-electron chi connectivity index (χ2n) is 2.82. The van der Waals surface area contributed by atoms with Crippen LogP contribution in [0.2, 0.25) is 0 Å². The quantitative estimate of drug-likeness (QED) is 0.617. The zero-order valence-electron chi connectivity index (χ0n) is 7.90. The Hall–Kier alpha value is -1.68. The van der Waals surface area contributed by atoms with E-state index in [1.807, 2.05) is 30.3 Å². The van der Waals surface area contributed by atoms with E-state index in [1.54, 1.807) is 6.20 Å². The molecule has 0 amide bonds. The molecule has 0 saturated carbocycles. The molecule has 0 aromatic heterocycles. The highest BCUT2D eigenvalue weighted by Gasteiger charge is 1.90. The lowest BCUT2D eigenvalue weighted by atomic mass is 10.2. The molecule has 0 atom stereocenters. The first kappa shape index (κ1) is 10.4. The smallest absolute Gasteiger partial charge is 0.0915 e. The average molecular weight is 190 g/mol. The summed E-state index contributed by atoms with van der Waals surface area (Å²) < 4.78 is 0. The molecule has 4 nitrogen and oxygen atoms in total. The first-order valence-corrected chi connectivity index (χ1v) is 4.40. The molecule has 0 aliphatic carbocycles. The molecule has 74 valence electrons. The van der Waals surface area contributed by atoms with Gasteiger partial charge in [0.05, 0.1) is 5.70 Å². The molecule has 1 aromatic carbocycles. The molecule has 4 N–H and O–H groups in total. The van der Waals surface area contributed by atoms with Crippen LogP contribution < -0.4 is 11.1 Å². The minimum absolute atomic E-state index is 0.283. The number of nitrogens with zero attached hydrogens (tertiary/aromatic N) is 1. The van der Waals surface area contributed by atoms with Crippen molar-refractivity contribution in [2.24, 2.45) is 10.8 Å². The van der Waals surface area contributed by atoms with E-state index in [4.69, 9.17) is 11.3 Å². The summed E-state index contributed by atoms with van der Waals surface area (Å²) in [6.45, 7) is 1.01. The Morgan fingerprint density at radius 2 is 2.14 bits per heavy atom. The summed E-state index contributed by atoms with van der Waals surface area (Å²) in [5.74, 6) is 0. The van der Waals surface area contributed by atoms with Crippen molar-refractivity contribution < 1.29 is 0 Å². The molecule has 0 saturated heterocycles. The molecule has 0 radical (unpaired) electrons. The van der Waals surface area contributed by atoms with Crippen molar-refractivity contribution in [2.45, 2.75) is 6.54 Å². The molecule has 0 aliphatic rings. The van der Waals surface area contributed by atoms with Gasteiger partial charge in [0.15, 0.2) is 0 Å². The molecular weight excluding hydrogens is 176 g/mol. The molecule has 4 heteroatoms. The van der Waals surface area contributed by atoms with E-state index in [9.17, 15) is 0 Å². The van der Waals surface area contributed by atoms with Gasteiger partial charge in [-0.05, 0) is 5.56 Å². The molecular formula is C10H14N4. The predicted octanol–water partition coefficient (Wildman–Crippen LogP) is 1.61. The average Bonchev–Trinajstić information content (AvgIpc) is 2.26. The molecule has 0 fully saturated rings. The van der Waals surface area contributed by atoms with Gasteiger partial charge in [-0.3, -0.25) is 0 Å². The monoisotopic (exact) mass is 190 g/mol. The van der Waals surface area contributed by atoms with Crippen molar-refractivity contribution in [3.8, 4) is 0 Å². The van der Waals surface area contributed by atoms with Crippen LogP contribution in [0.4, 0.5) is 0 Å². The van der Waals surface area contributed by atoms with Gasteiger partial charge in [-0.25, -0.2) is 5.53 Å². The maximum absolute atomic E-state index is 6.78. The van der Waals surface area contributed by atoms with Gasteiger partial charge < -0.3 is 11.1 Å².